The predicted molar refractivity (Wildman–Crippen MR) is 72.1 cm³/mol. The highest BCUT2D eigenvalue weighted by Gasteiger charge is 2.12. The van der Waals surface area contributed by atoms with Crippen LogP contribution in [0.15, 0.2) is 0 Å². The molecule has 0 aromatic carbocycles. The number of hydrogen-bond donors (Lipinski definition) is 1. The van der Waals surface area contributed by atoms with Crippen LogP contribution in [0.3, 0.4) is 0 Å². The van der Waals surface area contributed by atoms with Crippen molar-refractivity contribution in [3.63, 3.8) is 0 Å². The lowest BCUT2D eigenvalue weighted by Gasteiger charge is -2.19. The average Bonchev–Trinajstić information content (AvgIpc) is 2.52. The molecule has 1 N–H and O–H groups in total. The van der Waals surface area contributed by atoms with E-state index in [1.54, 1.807) is 0 Å². The van der Waals surface area contributed by atoms with Gasteiger partial charge in [0.1, 0.15) is 0 Å². The molecule has 0 unspecified atom stereocenters. The van der Waals surface area contributed by atoms with E-state index in [2.05, 4.69) is 44.9 Å². The summed E-state index contributed by atoms with van der Waals surface area (Å²) >= 11 is 1.87. The molecular weight excluding hydrogens is 216 g/mol. The maximum Gasteiger partial charge on any atom is 0.0931 e. The minimum atomic E-state index is 0.181. The van der Waals surface area contributed by atoms with Crippen molar-refractivity contribution >= 4 is 11.3 Å². The predicted octanol–water partition coefficient (Wildman–Crippen LogP) is 3.68. The number of nitrogens with zero attached hydrogens (tertiary/aromatic N) is 1. The van der Waals surface area contributed by atoms with Crippen molar-refractivity contribution in [2.45, 2.75) is 66.0 Å². The van der Waals surface area contributed by atoms with Crippen LogP contribution in [0.2, 0.25) is 0 Å². The third kappa shape index (κ3) is 4.62. The number of aromatic nitrogens is 1. The van der Waals surface area contributed by atoms with Gasteiger partial charge in [0.05, 0.1) is 10.7 Å². The maximum absolute atomic E-state index is 4.63. The van der Waals surface area contributed by atoms with E-state index in [1.165, 1.54) is 28.4 Å². The minimum Gasteiger partial charge on any atom is -0.307 e. The Morgan fingerprint density at radius 2 is 2.00 bits per heavy atom. The summed E-state index contributed by atoms with van der Waals surface area (Å²) in [6.07, 6.45) is 3.63. The fourth-order valence-electron chi connectivity index (χ4n) is 1.43. The molecule has 16 heavy (non-hydrogen) atoms. The summed E-state index contributed by atoms with van der Waals surface area (Å²) in [5.41, 5.74) is 1.38. The lowest BCUT2D eigenvalue weighted by Crippen LogP contribution is -2.34. The van der Waals surface area contributed by atoms with Crippen molar-refractivity contribution in [2.24, 2.45) is 0 Å². The standard InChI is InChI=1S/C13H24N2S/c1-6-7-8-12-15-10(2)11(16-12)9-14-13(3,4)5/h14H,6-9H2,1-5H3. The van der Waals surface area contributed by atoms with Gasteiger partial charge in [0.25, 0.3) is 0 Å². The van der Waals surface area contributed by atoms with Gasteiger partial charge in [-0.2, -0.15) is 0 Å². The summed E-state index contributed by atoms with van der Waals surface area (Å²) in [5.74, 6) is 0. The second-order valence-electron chi connectivity index (χ2n) is 5.32. The van der Waals surface area contributed by atoms with E-state index in [0.29, 0.717) is 0 Å². The Hall–Kier alpha value is -0.410. The van der Waals surface area contributed by atoms with E-state index >= 15 is 0 Å². The summed E-state index contributed by atoms with van der Waals surface area (Å²) < 4.78 is 0. The normalized spacial score (nSPS) is 12.1. The molecule has 1 aromatic rings. The van der Waals surface area contributed by atoms with E-state index in [1.807, 2.05) is 11.3 Å². The molecular formula is C13H24N2S. The van der Waals surface area contributed by atoms with Gasteiger partial charge in [0.2, 0.25) is 0 Å². The number of nitrogens with one attached hydrogen (secondary N) is 1. The monoisotopic (exact) mass is 240 g/mol. The smallest absolute Gasteiger partial charge is 0.0931 e. The molecule has 0 saturated carbocycles. The molecule has 1 heterocycles. The number of aryl methyl sites for hydroxylation is 2. The van der Waals surface area contributed by atoms with Gasteiger partial charge >= 0.3 is 0 Å². The second kappa shape index (κ2) is 5.78. The van der Waals surface area contributed by atoms with E-state index in [4.69, 9.17) is 0 Å². The Bertz CT molecular complexity index is 323. The van der Waals surface area contributed by atoms with Crippen LogP contribution in [0.25, 0.3) is 0 Å². The molecule has 0 saturated heterocycles. The second-order valence-corrected chi connectivity index (χ2v) is 6.49. The third-order valence-electron chi connectivity index (χ3n) is 2.46. The van der Waals surface area contributed by atoms with Gasteiger partial charge in [-0.15, -0.1) is 11.3 Å². The lowest BCUT2D eigenvalue weighted by molar-refractivity contribution is 0.425. The molecule has 0 amide bonds. The molecule has 0 spiro atoms. The van der Waals surface area contributed by atoms with Crippen molar-refractivity contribution < 1.29 is 0 Å². The van der Waals surface area contributed by atoms with Gasteiger partial charge in [-0.25, -0.2) is 4.98 Å². The number of hydrogen-bond acceptors (Lipinski definition) is 3. The zero-order valence-electron chi connectivity index (χ0n) is 11.2. The van der Waals surface area contributed by atoms with Gasteiger partial charge in [0, 0.05) is 17.0 Å². The highest BCUT2D eigenvalue weighted by atomic mass is 32.1. The molecule has 0 radical (unpaired) electrons. The van der Waals surface area contributed by atoms with Crippen LogP contribution in [0, 0.1) is 6.92 Å². The van der Waals surface area contributed by atoms with Gasteiger partial charge in [-0.05, 0) is 40.5 Å². The number of rotatable bonds is 5. The quantitative estimate of drug-likeness (QED) is 0.849. The van der Waals surface area contributed by atoms with Crippen LogP contribution < -0.4 is 5.32 Å². The van der Waals surface area contributed by atoms with E-state index in [9.17, 15) is 0 Å². The summed E-state index contributed by atoms with van der Waals surface area (Å²) in [4.78, 5) is 6.02. The zero-order valence-corrected chi connectivity index (χ0v) is 12.0. The Labute approximate surface area is 103 Å². The zero-order chi connectivity index (χ0) is 12.2. The molecule has 3 heteroatoms. The van der Waals surface area contributed by atoms with Crippen LogP contribution in [-0.4, -0.2) is 10.5 Å². The first kappa shape index (κ1) is 13.7. The van der Waals surface area contributed by atoms with Crippen LogP contribution in [-0.2, 0) is 13.0 Å². The minimum absolute atomic E-state index is 0.181. The first-order chi connectivity index (χ1) is 7.42. The van der Waals surface area contributed by atoms with Gasteiger partial charge in [0.15, 0.2) is 0 Å². The van der Waals surface area contributed by atoms with E-state index in [-0.39, 0.29) is 5.54 Å². The van der Waals surface area contributed by atoms with Crippen molar-refractivity contribution in [3.05, 3.63) is 15.6 Å². The van der Waals surface area contributed by atoms with Gasteiger partial charge < -0.3 is 5.32 Å². The van der Waals surface area contributed by atoms with E-state index in [0.717, 1.165) is 13.0 Å². The SMILES string of the molecule is CCCCc1nc(C)c(CNC(C)(C)C)s1. The molecule has 0 aliphatic carbocycles. The molecule has 0 atom stereocenters. The largest absolute Gasteiger partial charge is 0.307 e. The summed E-state index contributed by atoms with van der Waals surface area (Å²) in [7, 11) is 0. The number of unbranched alkanes of at least 4 members (excludes halogenated alkanes) is 1. The van der Waals surface area contributed by atoms with Crippen molar-refractivity contribution in [3.8, 4) is 0 Å². The third-order valence-corrected chi connectivity index (χ3v) is 3.68. The van der Waals surface area contributed by atoms with Gasteiger partial charge in [-0.3, -0.25) is 0 Å². The first-order valence-electron chi connectivity index (χ1n) is 6.12. The van der Waals surface area contributed by atoms with Crippen LogP contribution in [0.4, 0.5) is 0 Å². The first-order valence-corrected chi connectivity index (χ1v) is 6.94. The van der Waals surface area contributed by atoms with Crippen LogP contribution >= 0.6 is 11.3 Å². The lowest BCUT2D eigenvalue weighted by atomic mass is 10.1. The topological polar surface area (TPSA) is 24.9 Å². The van der Waals surface area contributed by atoms with E-state index < -0.39 is 0 Å². The molecule has 0 fully saturated rings. The van der Waals surface area contributed by atoms with Crippen molar-refractivity contribution in [1.82, 2.24) is 10.3 Å². The summed E-state index contributed by atoms with van der Waals surface area (Å²) in [6, 6.07) is 0. The Balaban J connectivity index is 2.56. The Morgan fingerprint density at radius 3 is 2.56 bits per heavy atom. The summed E-state index contributed by atoms with van der Waals surface area (Å²) in [5, 5.41) is 4.82. The highest BCUT2D eigenvalue weighted by Crippen LogP contribution is 2.20. The Kier molecular flexibility index (Phi) is 4.93. The number of thiazole rings is 1. The molecule has 2 nitrogen and oxygen atoms in total. The maximum atomic E-state index is 4.63. The highest BCUT2D eigenvalue weighted by molar-refractivity contribution is 7.11. The molecule has 0 bridgehead atoms. The van der Waals surface area contributed by atoms with Crippen molar-refractivity contribution in [1.29, 1.82) is 0 Å². The van der Waals surface area contributed by atoms with Crippen molar-refractivity contribution in [2.75, 3.05) is 0 Å². The molecule has 0 aliphatic rings. The molecule has 0 aliphatic heterocycles. The Morgan fingerprint density at radius 1 is 1.31 bits per heavy atom. The fraction of sp³-hybridized carbons (Fsp3) is 0.769. The summed E-state index contributed by atoms with van der Waals surface area (Å²) in [6.45, 7) is 11.9. The molecule has 1 aromatic heterocycles. The average molecular weight is 240 g/mol. The van der Waals surface area contributed by atoms with Gasteiger partial charge in [-0.1, -0.05) is 13.3 Å². The van der Waals surface area contributed by atoms with Crippen LogP contribution in [0.1, 0.15) is 56.1 Å². The van der Waals surface area contributed by atoms with Crippen LogP contribution in [0.5, 0.6) is 0 Å². The fourth-order valence-corrected chi connectivity index (χ4v) is 2.48. The molecule has 92 valence electrons. The molecule has 1 rings (SSSR count).